The lowest BCUT2D eigenvalue weighted by molar-refractivity contribution is 0.186. The summed E-state index contributed by atoms with van der Waals surface area (Å²) in [6.45, 7) is 0.610. The van der Waals surface area contributed by atoms with E-state index in [0.29, 0.717) is 12.6 Å². The zero-order valence-electron chi connectivity index (χ0n) is 10.5. The van der Waals surface area contributed by atoms with Crippen LogP contribution in [0.25, 0.3) is 0 Å². The lowest BCUT2D eigenvalue weighted by atomic mass is 9.93. The molecule has 2 atom stereocenters. The van der Waals surface area contributed by atoms with Crippen LogP contribution >= 0.6 is 27.5 Å². The van der Waals surface area contributed by atoms with Gasteiger partial charge >= 0.3 is 0 Å². The second-order valence-electron chi connectivity index (χ2n) is 5.02. The Morgan fingerprint density at radius 2 is 2.11 bits per heavy atom. The predicted octanol–water partition coefficient (Wildman–Crippen LogP) is 4.57. The van der Waals surface area contributed by atoms with Crippen LogP contribution in [0.1, 0.15) is 31.2 Å². The Kier molecular flexibility index (Phi) is 5.05. The number of benzene rings is 1. The fourth-order valence-electron chi connectivity index (χ4n) is 2.61. The summed E-state index contributed by atoms with van der Waals surface area (Å²) >= 11 is 9.75. The summed E-state index contributed by atoms with van der Waals surface area (Å²) in [6, 6.07) is 5.44. The third-order valence-corrected chi connectivity index (χ3v) is 4.64. The molecule has 0 saturated heterocycles. The molecule has 2 unspecified atom stereocenters. The van der Waals surface area contributed by atoms with Crippen molar-refractivity contribution >= 4 is 27.5 Å². The molecule has 0 spiro atoms. The van der Waals surface area contributed by atoms with Crippen molar-refractivity contribution in [2.45, 2.75) is 43.6 Å². The van der Waals surface area contributed by atoms with Gasteiger partial charge in [-0.15, -0.1) is 11.6 Å². The molecule has 100 valence electrons. The molecule has 2 rings (SSSR count). The van der Waals surface area contributed by atoms with E-state index < -0.39 is 0 Å². The molecule has 1 nitrogen and oxygen atoms in total. The number of hydrogen-bond donors (Lipinski definition) is 0. The normalized spacial score (nSPS) is 24.5. The maximum absolute atomic E-state index is 13.7. The molecule has 1 aliphatic rings. The average Bonchev–Trinajstić information content (AvgIpc) is 2.34. The summed E-state index contributed by atoms with van der Waals surface area (Å²) in [5, 5.41) is 0.193. The Bertz CT molecular complexity index is 413. The minimum atomic E-state index is -0.146. The van der Waals surface area contributed by atoms with Crippen molar-refractivity contribution in [2.75, 3.05) is 7.05 Å². The van der Waals surface area contributed by atoms with Crippen molar-refractivity contribution < 1.29 is 4.39 Å². The fraction of sp³-hybridized carbons (Fsp3) is 0.571. The molecule has 0 aliphatic heterocycles. The third kappa shape index (κ3) is 3.46. The molecule has 1 fully saturated rings. The summed E-state index contributed by atoms with van der Waals surface area (Å²) in [5.74, 6) is -0.146. The number of nitrogens with zero attached hydrogens (tertiary/aromatic N) is 1. The van der Waals surface area contributed by atoms with Crippen LogP contribution in [0.3, 0.4) is 0 Å². The van der Waals surface area contributed by atoms with Crippen LogP contribution in [0.4, 0.5) is 4.39 Å². The van der Waals surface area contributed by atoms with E-state index in [0.717, 1.165) is 22.9 Å². The minimum Gasteiger partial charge on any atom is -0.298 e. The second kappa shape index (κ2) is 6.36. The lowest BCUT2D eigenvalue weighted by Crippen LogP contribution is -2.40. The number of alkyl halides is 1. The molecule has 1 saturated carbocycles. The minimum absolute atomic E-state index is 0.146. The quantitative estimate of drug-likeness (QED) is 0.732. The first-order chi connectivity index (χ1) is 8.58. The zero-order chi connectivity index (χ0) is 13.1. The fourth-order valence-corrected chi connectivity index (χ4v) is 3.49. The smallest absolute Gasteiger partial charge is 0.127 e. The Morgan fingerprint density at radius 3 is 2.83 bits per heavy atom. The molecule has 0 amide bonds. The second-order valence-corrected chi connectivity index (χ2v) is 6.49. The van der Waals surface area contributed by atoms with Crippen LogP contribution in [0.15, 0.2) is 22.7 Å². The van der Waals surface area contributed by atoms with Crippen molar-refractivity contribution in [1.82, 2.24) is 4.90 Å². The molecule has 4 heteroatoms. The van der Waals surface area contributed by atoms with E-state index in [1.165, 1.54) is 18.9 Å². The van der Waals surface area contributed by atoms with E-state index in [9.17, 15) is 4.39 Å². The van der Waals surface area contributed by atoms with Gasteiger partial charge in [0.05, 0.1) is 0 Å². The molecule has 0 N–H and O–H groups in total. The number of hydrogen-bond acceptors (Lipinski definition) is 1. The summed E-state index contributed by atoms with van der Waals surface area (Å²) in [6.07, 6.45) is 4.61. The van der Waals surface area contributed by atoms with Crippen LogP contribution in [-0.2, 0) is 6.54 Å². The van der Waals surface area contributed by atoms with Gasteiger partial charge in [-0.2, -0.15) is 0 Å². The molecule has 1 aromatic rings. The van der Waals surface area contributed by atoms with Crippen molar-refractivity contribution in [1.29, 1.82) is 0 Å². The van der Waals surface area contributed by atoms with Crippen molar-refractivity contribution in [2.24, 2.45) is 0 Å². The van der Waals surface area contributed by atoms with E-state index in [1.54, 1.807) is 6.07 Å². The Balaban J connectivity index is 2.05. The standard InChI is InChI=1S/C14H18BrClFN/c1-18(14-5-3-2-4-12(14)16)9-10-8-11(15)6-7-13(10)17/h6-8,12,14H,2-5,9H2,1H3. The SMILES string of the molecule is CN(Cc1cc(Br)ccc1F)C1CCCCC1Cl. The van der Waals surface area contributed by atoms with Gasteiger partial charge in [0.25, 0.3) is 0 Å². The number of rotatable bonds is 3. The summed E-state index contributed by atoms with van der Waals surface area (Å²) in [7, 11) is 2.03. The van der Waals surface area contributed by atoms with Gasteiger partial charge in [-0.1, -0.05) is 28.8 Å². The maximum atomic E-state index is 13.7. The number of halogens is 3. The van der Waals surface area contributed by atoms with E-state index in [2.05, 4.69) is 20.8 Å². The molecule has 0 radical (unpaired) electrons. The van der Waals surface area contributed by atoms with Crippen molar-refractivity contribution in [3.05, 3.63) is 34.1 Å². The van der Waals surface area contributed by atoms with Gasteiger partial charge in [-0.25, -0.2) is 4.39 Å². The van der Waals surface area contributed by atoms with Gasteiger partial charge in [-0.3, -0.25) is 4.90 Å². The van der Waals surface area contributed by atoms with Gasteiger partial charge in [0.2, 0.25) is 0 Å². The van der Waals surface area contributed by atoms with Gasteiger partial charge in [0.1, 0.15) is 5.82 Å². The molecule has 1 aromatic carbocycles. The first kappa shape index (κ1) is 14.3. The highest BCUT2D eigenvalue weighted by Gasteiger charge is 2.26. The van der Waals surface area contributed by atoms with Crippen LogP contribution in [0, 0.1) is 5.82 Å². The van der Waals surface area contributed by atoms with E-state index >= 15 is 0 Å². The van der Waals surface area contributed by atoms with Crippen LogP contribution in [-0.4, -0.2) is 23.4 Å². The first-order valence-electron chi connectivity index (χ1n) is 6.36. The molecule has 0 bridgehead atoms. The molecular formula is C14H18BrClFN. The highest BCUT2D eigenvalue weighted by Crippen LogP contribution is 2.28. The van der Waals surface area contributed by atoms with Crippen molar-refractivity contribution in [3.8, 4) is 0 Å². The largest absolute Gasteiger partial charge is 0.298 e. The van der Waals surface area contributed by atoms with Crippen LogP contribution < -0.4 is 0 Å². The van der Waals surface area contributed by atoms with E-state index in [4.69, 9.17) is 11.6 Å². The van der Waals surface area contributed by atoms with Crippen molar-refractivity contribution in [3.63, 3.8) is 0 Å². The molecule has 1 aliphatic carbocycles. The Hall–Kier alpha value is -0.120. The highest BCUT2D eigenvalue weighted by molar-refractivity contribution is 9.10. The summed E-state index contributed by atoms with van der Waals surface area (Å²) in [5.41, 5.74) is 0.723. The summed E-state index contributed by atoms with van der Waals surface area (Å²) in [4.78, 5) is 2.18. The topological polar surface area (TPSA) is 3.24 Å². The monoisotopic (exact) mass is 333 g/mol. The highest BCUT2D eigenvalue weighted by atomic mass is 79.9. The molecule has 0 heterocycles. The predicted molar refractivity (Wildman–Crippen MR) is 77.5 cm³/mol. The molecule has 18 heavy (non-hydrogen) atoms. The average molecular weight is 335 g/mol. The van der Waals surface area contributed by atoms with Gasteiger partial charge in [-0.05, 0) is 38.1 Å². The Morgan fingerprint density at radius 1 is 1.39 bits per heavy atom. The van der Waals surface area contributed by atoms with Crippen LogP contribution in [0.5, 0.6) is 0 Å². The van der Waals surface area contributed by atoms with E-state index in [-0.39, 0.29) is 11.2 Å². The summed E-state index contributed by atoms with van der Waals surface area (Å²) < 4.78 is 14.6. The van der Waals surface area contributed by atoms with Gasteiger partial charge in [0.15, 0.2) is 0 Å². The van der Waals surface area contributed by atoms with Gasteiger partial charge in [0, 0.05) is 28.0 Å². The Labute approximate surface area is 121 Å². The molecular weight excluding hydrogens is 317 g/mol. The first-order valence-corrected chi connectivity index (χ1v) is 7.59. The van der Waals surface area contributed by atoms with E-state index in [1.807, 2.05) is 13.1 Å². The maximum Gasteiger partial charge on any atom is 0.127 e. The van der Waals surface area contributed by atoms with Gasteiger partial charge < -0.3 is 0 Å². The zero-order valence-corrected chi connectivity index (χ0v) is 12.8. The lowest BCUT2D eigenvalue weighted by Gasteiger charge is -2.35. The third-order valence-electron chi connectivity index (χ3n) is 3.64. The van der Waals surface area contributed by atoms with Crippen LogP contribution in [0.2, 0.25) is 0 Å². The molecule has 0 aromatic heterocycles.